The van der Waals surface area contributed by atoms with E-state index in [1.807, 2.05) is 6.92 Å². The van der Waals surface area contributed by atoms with Gasteiger partial charge >= 0.3 is 0 Å². The van der Waals surface area contributed by atoms with Crippen LogP contribution in [0.2, 0.25) is 0 Å². The molecule has 4 heteroatoms. The average molecular weight is 237 g/mol. The van der Waals surface area contributed by atoms with Crippen LogP contribution in [0, 0.1) is 11.9 Å². The van der Waals surface area contributed by atoms with Gasteiger partial charge in [0.2, 0.25) is 11.8 Å². The number of hydrogen-bond donors (Lipinski definition) is 0. The van der Waals surface area contributed by atoms with Crippen molar-refractivity contribution in [3.05, 3.63) is 36.5 Å². The van der Waals surface area contributed by atoms with Gasteiger partial charge in [0.1, 0.15) is 5.76 Å². The third-order valence-corrected chi connectivity index (χ3v) is 2.63. The lowest BCUT2D eigenvalue weighted by Crippen LogP contribution is -2.23. The van der Waals surface area contributed by atoms with Crippen molar-refractivity contribution in [2.75, 3.05) is 6.61 Å². The van der Waals surface area contributed by atoms with E-state index >= 15 is 0 Å². The maximum Gasteiger partial charge on any atom is 0.216 e. The molecule has 17 heavy (non-hydrogen) atoms. The second-order valence-corrected chi connectivity index (χ2v) is 4.07. The first-order valence-corrected chi connectivity index (χ1v) is 5.81. The second-order valence-electron chi connectivity index (χ2n) is 4.07. The van der Waals surface area contributed by atoms with Gasteiger partial charge in [-0.2, -0.15) is 9.37 Å². The molecule has 1 aromatic rings. The predicted octanol–water partition coefficient (Wildman–Crippen LogP) is 2.93. The monoisotopic (exact) mass is 237 g/mol. The van der Waals surface area contributed by atoms with Crippen molar-refractivity contribution >= 4 is 0 Å². The summed E-state index contributed by atoms with van der Waals surface area (Å²) >= 11 is 0. The minimum atomic E-state index is -0.543. The minimum absolute atomic E-state index is 0.218. The zero-order chi connectivity index (χ0) is 12.3. The van der Waals surface area contributed by atoms with Crippen LogP contribution in [0.3, 0.4) is 0 Å². The third-order valence-electron chi connectivity index (χ3n) is 2.63. The highest BCUT2D eigenvalue weighted by atomic mass is 19.1. The highest BCUT2D eigenvalue weighted by Crippen LogP contribution is 2.37. The standard InChI is InChI=1S/C13H16FNO2/c1-3-16-9(2)13(10-7-8-10)17-12-6-4-5-11(14)15-12/h4-6,10,13H,2-3,7-8H2,1H3. The predicted molar refractivity (Wildman–Crippen MR) is 62.1 cm³/mol. The Morgan fingerprint density at radius 2 is 2.35 bits per heavy atom. The number of hydrogen-bond acceptors (Lipinski definition) is 3. The molecule has 0 aliphatic heterocycles. The van der Waals surface area contributed by atoms with E-state index in [0.717, 1.165) is 12.8 Å². The summed E-state index contributed by atoms with van der Waals surface area (Å²) in [7, 11) is 0. The van der Waals surface area contributed by atoms with E-state index < -0.39 is 5.95 Å². The van der Waals surface area contributed by atoms with Crippen LogP contribution in [0.5, 0.6) is 5.88 Å². The van der Waals surface area contributed by atoms with Crippen molar-refractivity contribution in [3.63, 3.8) is 0 Å². The summed E-state index contributed by atoms with van der Waals surface area (Å²) in [6.07, 6.45) is 1.96. The molecule has 1 saturated carbocycles. The first-order valence-electron chi connectivity index (χ1n) is 5.81. The Morgan fingerprint density at radius 1 is 1.59 bits per heavy atom. The molecule has 0 aromatic carbocycles. The Bertz CT molecular complexity index is 404. The van der Waals surface area contributed by atoms with Gasteiger partial charge < -0.3 is 9.47 Å². The van der Waals surface area contributed by atoms with Gasteiger partial charge in [0.25, 0.3) is 0 Å². The number of rotatable bonds is 6. The van der Waals surface area contributed by atoms with Crippen LogP contribution in [-0.2, 0) is 4.74 Å². The van der Waals surface area contributed by atoms with Crippen molar-refractivity contribution in [1.82, 2.24) is 4.98 Å². The molecule has 0 spiro atoms. The molecule has 3 nitrogen and oxygen atoms in total. The van der Waals surface area contributed by atoms with Gasteiger partial charge in [0.05, 0.1) is 6.61 Å². The average Bonchev–Trinajstić information content (AvgIpc) is 3.10. The fourth-order valence-corrected chi connectivity index (χ4v) is 1.68. The number of nitrogens with zero attached hydrogens (tertiary/aromatic N) is 1. The van der Waals surface area contributed by atoms with E-state index in [1.54, 1.807) is 12.1 Å². The third kappa shape index (κ3) is 3.19. The Kier molecular flexibility index (Phi) is 3.61. The second kappa shape index (κ2) is 5.17. The molecule has 1 atom stereocenters. The summed E-state index contributed by atoms with van der Waals surface area (Å²) in [5, 5.41) is 0. The maximum atomic E-state index is 12.9. The lowest BCUT2D eigenvalue weighted by molar-refractivity contribution is 0.107. The van der Waals surface area contributed by atoms with Crippen molar-refractivity contribution in [1.29, 1.82) is 0 Å². The Hall–Kier alpha value is -1.58. The molecule has 0 saturated heterocycles. The van der Waals surface area contributed by atoms with E-state index in [4.69, 9.17) is 9.47 Å². The number of aromatic nitrogens is 1. The van der Waals surface area contributed by atoms with E-state index in [1.165, 1.54) is 6.07 Å². The van der Waals surface area contributed by atoms with Crippen LogP contribution in [-0.4, -0.2) is 17.7 Å². The van der Waals surface area contributed by atoms with Gasteiger partial charge in [0.15, 0.2) is 6.10 Å². The quantitative estimate of drug-likeness (QED) is 0.563. The smallest absolute Gasteiger partial charge is 0.216 e. The molecular formula is C13H16FNO2. The molecule has 1 aromatic heterocycles. The first kappa shape index (κ1) is 11.9. The Morgan fingerprint density at radius 3 is 2.94 bits per heavy atom. The summed E-state index contributed by atoms with van der Waals surface area (Å²) in [6.45, 7) is 6.31. The van der Waals surface area contributed by atoms with E-state index in [9.17, 15) is 4.39 Å². The molecule has 0 amide bonds. The molecule has 1 aliphatic carbocycles. The molecule has 1 unspecified atom stereocenters. The van der Waals surface area contributed by atoms with Gasteiger partial charge in [-0.1, -0.05) is 12.6 Å². The Labute approximate surface area is 100 Å². The summed E-state index contributed by atoms with van der Waals surface area (Å²) < 4.78 is 24.0. The normalized spacial score (nSPS) is 16.4. The zero-order valence-electron chi connectivity index (χ0n) is 9.86. The molecule has 0 N–H and O–H groups in total. The van der Waals surface area contributed by atoms with Crippen molar-refractivity contribution in [2.45, 2.75) is 25.9 Å². The van der Waals surface area contributed by atoms with Crippen molar-refractivity contribution in [3.8, 4) is 5.88 Å². The van der Waals surface area contributed by atoms with Gasteiger partial charge in [-0.3, -0.25) is 0 Å². The topological polar surface area (TPSA) is 31.4 Å². The molecule has 0 bridgehead atoms. The van der Waals surface area contributed by atoms with Crippen molar-refractivity contribution in [2.24, 2.45) is 5.92 Å². The van der Waals surface area contributed by atoms with Crippen molar-refractivity contribution < 1.29 is 13.9 Å². The largest absolute Gasteiger partial charge is 0.495 e. The number of ether oxygens (including phenoxy) is 2. The fourth-order valence-electron chi connectivity index (χ4n) is 1.68. The maximum absolute atomic E-state index is 12.9. The molecule has 2 rings (SSSR count). The van der Waals surface area contributed by atoms with Gasteiger partial charge in [-0.15, -0.1) is 0 Å². The van der Waals surface area contributed by atoms with E-state index in [2.05, 4.69) is 11.6 Å². The van der Waals surface area contributed by atoms with Gasteiger partial charge in [0, 0.05) is 12.0 Å². The van der Waals surface area contributed by atoms with Crippen LogP contribution in [0.1, 0.15) is 19.8 Å². The minimum Gasteiger partial charge on any atom is -0.495 e. The fraction of sp³-hybridized carbons (Fsp3) is 0.462. The summed E-state index contributed by atoms with van der Waals surface area (Å²) in [5.74, 6) is 0.752. The lowest BCUT2D eigenvalue weighted by Gasteiger charge is -2.20. The van der Waals surface area contributed by atoms with E-state index in [0.29, 0.717) is 18.3 Å². The Balaban J connectivity index is 2.05. The molecule has 1 aliphatic rings. The highest BCUT2D eigenvalue weighted by molar-refractivity contribution is 5.14. The van der Waals surface area contributed by atoms with Crippen LogP contribution in [0.15, 0.2) is 30.5 Å². The molecular weight excluding hydrogens is 221 g/mol. The number of halogens is 1. The molecule has 1 fully saturated rings. The number of pyridine rings is 1. The molecule has 1 heterocycles. The lowest BCUT2D eigenvalue weighted by atomic mass is 10.2. The summed E-state index contributed by atoms with van der Waals surface area (Å²) in [4.78, 5) is 3.68. The van der Waals surface area contributed by atoms with E-state index in [-0.39, 0.29) is 12.0 Å². The summed E-state index contributed by atoms with van der Waals surface area (Å²) in [5.41, 5.74) is 0. The van der Waals surface area contributed by atoms with Gasteiger partial charge in [-0.05, 0) is 25.8 Å². The highest BCUT2D eigenvalue weighted by Gasteiger charge is 2.36. The SMILES string of the molecule is C=C(OCC)C(Oc1cccc(F)n1)C1CC1. The van der Waals surface area contributed by atoms with Crippen LogP contribution in [0.4, 0.5) is 4.39 Å². The summed E-state index contributed by atoms with van der Waals surface area (Å²) in [6, 6.07) is 4.50. The van der Waals surface area contributed by atoms with Crippen LogP contribution >= 0.6 is 0 Å². The van der Waals surface area contributed by atoms with Gasteiger partial charge in [-0.25, -0.2) is 0 Å². The van der Waals surface area contributed by atoms with Crippen LogP contribution < -0.4 is 4.74 Å². The molecule has 0 radical (unpaired) electrons. The first-order chi connectivity index (χ1) is 8.20. The zero-order valence-corrected chi connectivity index (χ0v) is 9.86. The van der Waals surface area contributed by atoms with Crippen LogP contribution in [0.25, 0.3) is 0 Å². The molecule has 92 valence electrons.